The highest BCUT2D eigenvalue weighted by Crippen LogP contribution is 2.37. The number of hydrogen-bond acceptors (Lipinski definition) is 8. The highest BCUT2D eigenvalue weighted by Gasteiger charge is 2.48. The van der Waals surface area contributed by atoms with Crippen LogP contribution in [0.3, 0.4) is 0 Å². The van der Waals surface area contributed by atoms with Gasteiger partial charge in [0.25, 0.3) is 0 Å². The van der Waals surface area contributed by atoms with Crippen LogP contribution in [-0.4, -0.2) is 44.4 Å². The molecule has 0 aliphatic carbocycles. The Morgan fingerprint density at radius 3 is 1.90 bits per heavy atom. The van der Waals surface area contributed by atoms with Crippen LogP contribution in [0.1, 0.15) is 22.9 Å². The summed E-state index contributed by atoms with van der Waals surface area (Å²) in [6.07, 6.45) is 1.20. The second kappa shape index (κ2) is 12.4. The molecule has 5 aromatic rings. The number of anilines is 1. The van der Waals surface area contributed by atoms with E-state index < -0.39 is 24.5 Å². The number of nitrogens with two attached hydrogens (primary N) is 1. The van der Waals surface area contributed by atoms with E-state index in [0.29, 0.717) is 43.4 Å². The van der Waals surface area contributed by atoms with Crippen LogP contribution in [-0.2, 0) is 38.8 Å². The molecule has 9 heteroatoms. The molecule has 0 radical (unpaired) electrons. The number of fused-ring (bicyclic) bond motifs is 1. The Balaban J connectivity index is 1.29. The van der Waals surface area contributed by atoms with Gasteiger partial charge in [-0.25, -0.2) is 15.0 Å². The molecule has 40 heavy (non-hydrogen) atoms. The normalized spacial score (nSPS) is 20.7. The average Bonchev–Trinajstić information content (AvgIpc) is 3.58. The number of aromatic nitrogens is 4. The van der Waals surface area contributed by atoms with Crippen molar-refractivity contribution in [3.05, 3.63) is 120 Å². The molecule has 4 atom stereocenters. The Kier molecular flexibility index (Phi) is 8.06. The number of imidazole rings is 1. The Morgan fingerprint density at radius 2 is 1.27 bits per heavy atom. The third-order valence-electron chi connectivity index (χ3n) is 6.91. The van der Waals surface area contributed by atoms with E-state index >= 15 is 0 Å². The number of ether oxygens (including phenoxy) is 4. The van der Waals surface area contributed by atoms with Gasteiger partial charge >= 0.3 is 0 Å². The molecule has 204 valence electrons. The summed E-state index contributed by atoms with van der Waals surface area (Å²) in [4.78, 5) is 13.0. The van der Waals surface area contributed by atoms with E-state index in [1.807, 2.05) is 95.6 Å². The average molecular weight is 538 g/mol. The predicted molar refractivity (Wildman–Crippen MR) is 150 cm³/mol. The van der Waals surface area contributed by atoms with Gasteiger partial charge in [0, 0.05) is 0 Å². The Bertz CT molecular complexity index is 1500. The first kappa shape index (κ1) is 26.1. The number of nitrogens with zero attached hydrogens (tertiary/aromatic N) is 4. The molecule has 2 aromatic heterocycles. The van der Waals surface area contributed by atoms with Gasteiger partial charge in [0.2, 0.25) is 0 Å². The predicted octanol–water partition coefficient (Wildman–Crippen LogP) is 4.69. The van der Waals surface area contributed by atoms with Gasteiger partial charge in [0.1, 0.15) is 30.2 Å². The van der Waals surface area contributed by atoms with Crippen LogP contribution < -0.4 is 5.73 Å². The lowest BCUT2D eigenvalue weighted by Gasteiger charge is -2.25. The summed E-state index contributed by atoms with van der Waals surface area (Å²) >= 11 is 0. The first-order valence-electron chi connectivity index (χ1n) is 13.3. The fourth-order valence-corrected chi connectivity index (χ4v) is 4.90. The smallest absolute Gasteiger partial charge is 0.167 e. The highest BCUT2D eigenvalue weighted by molar-refractivity contribution is 5.81. The molecular weight excluding hydrogens is 506 g/mol. The van der Waals surface area contributed by atoms with E-state index in [1.165, 1.54) is 6.33 Å². The third kappa shape index (κ3) is 5.88. The first-order valence-corrected chi connectivity index (χ1v) is 13.3. The third-order valence-corrected chi connectivity index (χ3v) is 6.91. The van der Waals surface area contributed by atoms with Gasteiger partial charge in [-0.1, -0.05) is 91.0 Å². The SMILES string of the molecule is Nc1ncnc2c1ncn2[C@@H]1O[C@H](COCc2ccccc2)[C@@H](OCc2ccccc2)[C@@H]1OCc1ccccc1. The maximum atomic E-state index is 6.64. The number of nitrogen functional groups attached to an aromatic ring is 1. The lowest BCUT2D eigenvalue weighted by molar-refractivity contribution is -0.0913. The van der Waals surface area contributed by atoms with Gasteiger partial charge in [-0.3, -0.25) is 4.57 Å². The minimum absolute atomic E-state index is 0.308. The van der Waals surface area contributed by atoms with E-state index in [1.54, 1.807) is 6.33 Å². The molecule has 1 aliphatic heterocycles. The van der Waals surface area contributed by atoms with Gasteiger partial charge in [-0.15, -0.1) is 0 Å². The molecule has 9 nitrogen and oxygen atoms in total. The molecule has 0 bridgehead atoms. The molecule has 0 amide bonds. The fraction of sp³-hybridized carbons (Fsp3) is 0.258. The fourth-order valence-electron chi connectivity index (χ4n) is 4.90. The maximum Gasteiger partial charge on any atom is 0.167 e. The Morgan fingerprint density at radius 1 is 0.700 bits per heavy atom. The van der Waals surface area contributed by atoms with Crippen LogP contribution in [0.15, 0.2) is 104 Å². The Hall–Kier alpha value is -4.15. The van der Waals surface area contributed by atoms with Gasteiger partial charge in [-0.05, 0) is 16.7 Å². The molecular formula is C31H31N5O4. The first-order chi connectivity index (χ1) is 19.8. The van der Waals surface area contributed by atoms with Crippen molar-refractivity contribution in [2.45, 2.75) is 44.4 Å². The van der Waals surface area contributed by atoms with Crippen molar-refractivity contribution in [2.75, 3.05) is 12.3 Å². The summed E-state index contributed by atoms with van der Waals surface area (Å²) in [7, 11) is 0. The second-order valence-electron chi connectivity index (χ2n) is 9.67. The van der Waals surface area contributed by atoms with Gasteiger partial charge in [-0.2, -0.15) is 0 Å². The van der Waals surface area contributed by atoms with E-state index in [-0.39, 0.29) is 0 Å². The number of hydrogen-bond donors (Lipinski definition) is 1. The summed E-state index contributed by atoms with van der Waals surface area (Å²) in [5, 5.41) is 0. The van der Waals surface area contributed by atoms with Crippen LogP contribution in [0.4, 0.5) is 5.82 Å². The molecule has 0 saturated carbocycles. The van der Waals surface area contributed by atoms with Crippen molar-refractivity contribution < 1.29 is 18.9 Å². The molecule has 0 spiro atoms. The van der Waals surface area contributed by atoms with Crippen LogP contribution in [0, 0.1) is 0 Å². The van der Waals surface area contributed by atoms with Crippen LogP contribution >= 0.6 is 0 Å². The summed E-state index contributed by atoms with van der Waals surface area (Å²) < 4.78 is 27.7. The summed E-state index contributed by atoms with van der Waals surface area (Å²) in [5.74, 6) is 0.308. The van der Waals surface area contributed by atoms with Crippen LogP contribution in [0.2, 0.25) is 0 Å². The molecule has 1 aliphatic rings. The van der Waals surface area contributed by atoms with Crippen molar-refractivity contribution in [1.29, 1.82) is 0 Å². The number of benzene rings is 3. The minimum Gasteiger partial charge on any atom is -0.382 e. The van der Waals surface area contributed by atoms with E-state index in [4.69, 9.17) is 24.7 Å². The molecule has 2 N–H and O–H groups in total. The highest BCUT2D eigenvalue weighted by atomic mass is 16.6. The van der Waals surface area contributed by atoms with E-state index in [0.717, 1.165) is 16.7 Å². The molecule has 3 heterocycles. The van der Waals surface area contributed by atoms with Gasteiger partial charge in [0.05, 0.1) is 32.8 Å². The van der Waals surface area contributed by atoms with E-state index in [9.17, 15) is 0 Å². The van der Waals surface area contributed by atoms with Crippen molar-refractivity contribution in [3.8, 4) is 0 Å². The zero-order valence-corrected chi connectivity index (χ0v) is 22.0. The van der Waals surface area contributed by atoms with Gasteiger partial charge < -0.3 is 24.7 Å². The largest absolute Gasteiger partial charge is 0.382 e. The molecule has 3 aromatic carbocycles. The van der Waals surface area contributed by atoms with Crippen molar-refractivity contribution in [1.82, 2.24) is 19.5 Å². The van der Waals surface area contributed by atoms with Crippen LogP contribution in [0.25, 0.3) is 11.2 Å². The summed E-state index contributed by atoms with van der Waals surface area (Å²) in [6, 6.07) is 30.2. The molecule has 1 fully saturated rings. The molecule has 1 saturated heterocycles. The monoisotopic (exact) mass is 537 g/mol. The van der Waals surface area contributed by atoms with Crippen LogP contribution in [0.5, 0.6) is 0 Å². The van der Waals surface area contributed by atoms with Gasteiger partial charge in [0.15, 0.2) is 17.7 Å². The standard InChI is InChI=1S/C31H31N5O4/c32-29-26-30(34-20-33-29)36(21-35-26)31-28(39-18-24-14-8-3-9-15-24)27(38-17-23-12-6-2-7-13-23)25(40-31)19-37-16-22-10-4-1-5-11-22/h1-15,20-21,25,27-28,31H,16-19H2,(H2,32,33,34)/t25-,27-,28+,31-/m1/s1. The number of rotatable bonds is 11. The van der Waals surface area contributed by atoms with Crippen molar-refractivity contribution in [2.24, 2.45) is 0 Å². The topological polar surface area (TPSA) is 107 Å². The lowest BCUT2D eigenvalue weighted by Crippen LogP contribution is -2.38. The Labute approximate surface area is 232 Å². The maximum absolute atomic E-state index is 6.64. The minimum atomic E-state index is -0.575. The zero-order chi connectivity index (χ0) is 27.1. The summed E-state index contributed by atoms with van der Waals surface area (Å²) in [5.41, 5.74) is 10.4. The second-order valence-corrected chi connectivity index (χ2v) is 9.67. The quantitative estimate of drug-likeness (QED) is 0.259. The zero-order valence-electron chi connectivity index (χ0n) is 22.0. The summed E-state index contributed by atoms with van der Waals surface area (Å²) in [6.45, 7) is 1.57. The molecule has 0 unspecified atom stereocenters. The van der Waals surface area contributed by atoms with E-state index in [2.05, 4.69) is 15.0 Å². The van der Waals surface area contributed by atoms with Crippen molar-refractivity contribution >= 4 is 17.0 Å². The lowest BCUT2D eigenvalue weighted by atomic mass is 10.1. The van der Waals surface area contributed by atoms with Crippen molar-refractivity contribution in [3.63, 3.8) is 0 Å². The molecule has 6 rings (SSSR count).